The molecule has 3 aromatic carbocycles. The van der Waals surface area contributed by atoms with E-state index in [0.717, 1.165) is 24.0 Å². The zero-order chi connectivity index (χ0) is 28.5. The maximum atomic E-state index is 13.8. The van der Waals surface area contributed by atoms with Crippen LogP contribution in [-0.4, -0.2) is 49.4 Å². The van der Waals surface area contributed by atoms with Crippen LogP contribution >= 0.6 is 11.6 Å². The number of carbonyl (C=O) groups excluding carboxylic acids is 2. The molecule has 0 heterocycles. The third-order valence-electron chi connectivity index (χ3n) is 6.66. The second kappa shape index (κ2) is 13.9. The molecule has 0 bridgehead atoms. The number of hydrogen-bond acceptors (Lipinski definition) is 5. The third-order valence-corrected chi connectivity index (χ3v) is 8.44. The molecule has 0 aromatic heterocycles. The van der Waals surface area contributed by atoms with Gasteiger partial charge in [0.25, 0.3) is 0 Å². The molecule has 0 saturated heterocycles. The highest BCUT2D eigenvalue weighted by atomic mass is 35.5. The lowest BCUT2D eigenvalue weighted by molar-refractivity contribution is -0.141. The average molecular weight is 584 g/mol. The van der Waals surface area contributed by atoms with E-state index in [1.54, 1.807) is 41.3 Å². The number of aryl methyl sites for hydroxylation is 1. The van der Waals surface area contributed by atoms with Crippen molar-refractivity contribution in [2.45, 2.75) is 55.6 Å². The van der Waals surface area contributed by atoms with Crippen LogP contribution in [0.3, 0.4) is 0 Å². The summed E-state index contributed by atoms with van der Waals surface area (Å²) in [5.41, 5.74) is 2.30. The van der Waals surface area contributed by atoms with Gasteiger partial charge in [-0.2, -0.15) is 0 Å². The smallest absolute Gasteiger partial charge is 0.247 e. The number of nitrogens with zero attached hydrogens (tertiary/aromatic N) is 1. The van der Waals surface area contributed by atoms with Crippen molar-refractivity contribution in [1.29, 1.82) is 0 Å². The Kier molecular flexibility index (Phi) is 10.3. The van der Waals surface area contributed by atoms with Gasteiger partial charge in [0, 0.05) is 37.2 Å². The first-order chi connectivity index (χ1) is 19.3. The van der Waals surface area contributed by atoms with E-state index in [4.69, 9.17) is 16.7 Å². The van der Waals surface area contributed by atoms with Crippen molar-refractivity contribution in [3.8, 4) is 0 Å². The second-order valence-corrected chi connectivity index (χ2v) is 12.0. The summed E-state index contributed by atoms with van der Waals surface area (Å²) in [5.74, 6) is -0.562. The number of aliphatic hydroxyl groups excluding tert-OH is 1. The van der Waals surface area contributed by atoms with Gasteiger partial charge in [0.05, 0.1) is 4.90 Å². The lowest BCUT2D eigenvalue weighted by atomic mass is 10.0. The molecule has 2 amide bonds. The Hall–Kier alpha value is -3.24. The van der Waals surface area contributed by atoms with Gasteiger partial charge in [0.2, 0.25) is 21.8 Å². The summed E-state index contributed by atoms with van der Waals surface area (Å²) in [5, 5.41) is 12.6. The van der Waals surface area contributed by atoms with Crippen LogP contribution in [0.4, 0.5) is 0 Å². The van der Waals surface area contributed by atoms with E-state index in [9.17, 15) is 18.0 Å². The molecule has 40 heavy (non-hydrogen) atoms. The molecular weight excluding hydrogens is 550 g/mol. The van der Waals surface area contributed by atoms with Crippen molar-refractivity contribution >= 4 is 33.4 Å². The number of amides is 2. The van der Waals surface area contributed by atoms with Crippen LogP contribution in [0.15, 0.2) is 83.8 Å². The number of carbonyl (C=O) groups is 2. The minimum Gasteiger partial charge on any atom is -0.396 e. The highest BCUT2D eigenvalue weighted by Gasteiger charge is 2.31. The largest absolute Gasteiger partial charge is 0.396 e. The standard InChI is InChI=1S/C30H34ClN3O5S/c31-25-12-7-23(8-13-25)21-34(29(24-5-2-1-3-6-24)30(37)32-19-4-20-35)28(36)18-11-22-9-16-27(17-10-22)40(38,39)33-26-14-15-26/h1-3,5-10,12-13,16-17,26,29,33,35H,4,11,14-15,18-21H2,(H,32,37)/t29-/m0/s1. The Morgan fingerprint density at radius 2 is 1.60 bits per heavy atom. The van der Waals surface area contributed by atoms with Gasteiger partial charge in [-0.15, -0.1) is 0 Å². The van der Waals surface area contributed by atoms with E-state index < -0.39 is 16.1 Å². The highest BCUT2D eigenvalue weighted by Crippen LogP contribution is 2.26. The van der Waals surface area contributed by atoms with Gasteiger partial charge in [0.15, 0.2) is 0 Å². The van der Waals surface area contributed by atoms with Crippen LogP contribution < -0.4 is 10.0 Å². The molecule has 0 unspecified atom stereocenters. The number of hydrogen-bond donors (Lipinski definition) is 3. The van der Waals surface area contributed by atoms with Crippen LogP contribution in [0, 0.1) is 0 Å². The molecular formula is C30H34ClN3O5S. The molecule has 0 spiro atoms. The Labute approximate surface area is 240 Å². The molecule has 3 N–H and O–H groups in total. The first-order valence-corrected chi connectivity index (χ1v) is 15.2. The summed E-state index contributed by atoms with van der Waals surface area (Å²) in [6.07, 6.45) is 2.61. The fourth-order valence-corrected chi connectivity index (χ4v) is 5.76. The van der Waals surface area contributed by atoms with Crippen LogP contribution in [0.5, 0.6) is 0 Å². The molecule has 4 rings (SSSR count). The number of rotatable bonds is 14. The fourth-order valence-electron chi connectivity index (χ4n) is 4.32. The van der Waals surface area contributed by atoms with Gasteiger partial charge >= 0.3 is 0 Å². The van der Waals surface area contributed by atoms with E-state index in [0.29, 0.717) is 23.4 Å². The lowest BCUT2D eigenvalue weighted by Gasteiger charge is -2.32. The van der Waals surface area contributed by atoms with Crippen LogP contribution in [0.2, 0.25) is 5.02 Å². The molecule has 212 valence electrons. The Morgan fingerprint density at radius 1 is 0.950 bits per heavy atom. The van der Waals surface area contributed by atoms with Crippen molar-refractivity contribution in [1.82, 2.24) is 14.9 Å². The van der Waals surface area contributed by atoms with E-state index in [2.05, 4.69) is 10.0 Å². The number of sulfonamides is 1. The quantitative estimate of drug-likeness (QED) is 0.248. The van der Waals surface area contributed by atoms with Crippen molar-refractivity contribution in [3.05, 3.63) is 101 Å². The molecule has 0 aliphatic heterocycles. The van der Waals surface area contributed by atoms with Gasteiger partial charge in [-0.25, -0.2) is 13.1 Å². The molecule has 1 aliphatic carbocycles. The summed E-state index contributed by atoms with van der Waals surface area (Å²) in [7, 11) is -3.55. The predicted octanol–water partition coefficient (Wildman–Crippen LogP) is 3.98. The van der Waals surface area contributed by atoms with Crippen LogP contribution in [0.25, 0.3) is 0 Å². The van der Waals surface area contributed by atoms with Gasteiger partial charge in [-0.3, -0.25) is 9.59 Å². The van der Waals surface area contributed by atoms with Gasteiger partial charge in [-0.05, 0) is 66.6 Å². The zero-order valence-electron chi connectivity index (χ0n) is 22.1. The van der Waals surface area contributed by atoms with Crippen molar-refractivity contribution in [3.63, 3.8) is 0 Å². The third kappa shape index (κ3) is 8.38. The number of nitrogens with one attached hydrogen (secondary N) is 2. The molecule has 1 fully saturated rings. The Bertz CT molecular complexity index is 1380. The number of aliphatic hydroxyl groups is 1. The highest BCUT2D eigenvalue weighted by molar-refractivity contribution is 7.89. The minimum atomic E-state index is -3.55. The molecule has 0 radical (unpaired) electrons. The maximum Gasteiger partial charge on any atom is 0.247 e. The maximum absolute atomic E-state index is 13.8. The zero-order valence-corrected chi connectivity index (χ0v) is 23.7. The molecule has 8 nitrogen and oxygen atoms in total. The van der Waals surface area contributed by atoms with Crippen LogP contribution in [0.1, 0.15) is 48.4 Å². The Balaban J connectivity index is 1.54. The summed E-state index contributed by atoms with van der Waals surface area (Å²) in [4.78, 5) is 28.9. The number of halogens is 1. The van der Waals surface area contributed by atoms with Gasteiger partial charge < -0.3 is 15.3 Å². The molecule has 1 saturated carbocycles. The van der Waals surface area contributed by atoms with E-state index in [-0.39, 0.29) is 48.9 Å². The first-order valence-electron chi connectivity index (χ1n) is 13.4. The van der Waals surface area contributed by atoms with Gasteiger partial charge in [0.1, 0.15) is 6.04 Å². The summed E-state index contributed by atoms with van der Waals surface area (Å²) in [6.45, 7) is 0.417. The Morgan fingerprint density at radius 3 is 2.23 bits per heavy atom. The minimum absolute atomic E-state index is 0.0207. The van der Waals surface area contributed by atoms with Crippen molar-refractivity contribution < 1.29 is 23.1 Å². The van der Waals surface area contributed by atoms with E-state index in [1.165, 1.54) is 0 Å². The normalized spacial score (nSPS) is 13.9. The molecule has 10 heteroatoms. The summed E-state index contributed by atoms with van der Waals surface area (Å²) in [6, 6.07) is 21.9. The second-order valence-electron chi connectivity index (χ2n) is 9.87. The lowest BCUT2D eigenvalue weighted by Crippen LogP contribution is -2.43. The fraction of sp³-hybridized carbons (Fsp3) is 0.333. The molecule has 1 atom stereocenters. The summed E-state index contributed by atoms with van der Waals surface area (Å²) >= 11 is 6.07. The van der Waals surface area contributed by atoms with E-state index in [1.807, 2.05) is 42.5 Å². The van der Waals surface area contributed by atoms with Crippen molar-refractivity contribution in [2.24, 2.45) is 0 Å². The van der Waals surface area contributed by atoms with Gasteiger partial charge in [-0.1, -0.05) is 66.2 Å². The van der Waals surface area contributed by atoms with Crippen LogP contribution in [-0.2, 0) is 32.6 Å². The average Bonchev–Trinajstić information content (AvgIpc) is 3.77. The summed E-state index contributed by atoms with van der Waals surface area (Å²) < 4.78 is 27.6. The van der Waals surface area contributed by atoms with E-state index >= 15 is 0 Å². The SMILES string of the molecule is O=C(NCCCO)[C@H](c1ccccc1)N(Cc1ccc(Cl)cc1)C(=O)CCc1ccc(S(=O)(=O)NC2CC2)cc1. The van der Waals surface area contributed by atoms with Crippen molar-refractivity contribution in [2.75, 3.05) is 13.2 Å². The molecule has 1 aliphatic rings. The molecule has 3 aromatic rings. The first kappa shape index (κ1) is 29.7. The number of benzene rings is 3. The topological polar surface area (TPSA) is 116 Å². The monoisotopic (exact) mass is 583 g/mol. The predicted molar refractivity (Wildman–Crippen MR) is 154 cm³/mol.